The fraction of sp³-hybridized carbons (Fsp3) is 0.636. The molecule has 0 bridgehead atoms. The zero-order valence-corrected chi connectivity index (χ0v) is 8.74. The molecule has 0 aliphatic heterocycles. The molecule has 4 nitrogen and oxygen atoms in total. The fourth-order valence-electron chi connectivity index (χ4n) is 1.49. The number of hydrogen-bond acceptors (Lipinski definition) is 4. The van der Waals surface area contributed by atoms with Crippen molar-refractivity contribution in [3.8, 4) is 0 Å². The molecular formula is C11H16N4. The molecule has 2 saturated carbocycles. The van der Waals surface area contributed by atoms with Crippen LogP contribution in [0.15, 0.2) is 12.4 Å². The molecular weight excluding hydrogens is 188 g/mol. The molecule has 4 heteroatoms. The summed E-state index contributed by atoms with van der Waals surface area (Å²) in [5, 5.41) is 6.75. The monoisotopic (exact) mass is 204 g/mol. The van der Waals surface area contributed by atoms with E-state index in [9.17, 15) is 0 Å². The van der Waals surface area contributed by atoms with Crippen molar-refractivity contribution < 1.29 is 0 Å². The van der Waals surface area contributed by atoms with E-state index in [0.717, 1.165) is 24.1 Å². The van der Waals surface area contributed by atoms with E-state index in [-0.39, 0.29) is 0 Å². The zero-order chi connectivity index (χ0) is 10.1. The first-order valence-corrected chi connectivity index (χ1v) is 5.71. The second-order valence-corrected chi connectivity index (χ2v) is 4.47. The zero-order valence-electron chi connectivity index (χ0n) is 8.74. The van der Waals surface area contributed by atoms with Crippen LogP contribution in [0.1, 0.15) is 31.4 Å². The SMILES string of the molecule is c1nc(NC2CC2)cnc1CNC1CC1. The van der Waals surface area contributed by atoms with Crippen molar-refractivity contribution >= 4 is 5.82 Å². The lowest BCUT2D eigenvalue weighted by Crippen LogP contribution is -2.16. The highest BCUT2D eigenvalue weighted by Crippen LogP contribution is 2.23. The van der Waals surface area contributed by atoms with Gasteiger partial charge in [0.1, 0.15) is 5.82 Å². The van der Waals surface area contributed by atoms with Crippen molar-refractivity contribution in [2.24, 2.45) is 0 Å². The lowest BCUT2D eigenvalue weighted by atomic mass is 10.4. The molecule has 0 saturated heterocycles. The summed E-state index contributed by atoms with van der Waals surface area (Å²) in [5.74, 6) is 0.910. The van der Waals surface area contributed by atoms with Gasteiger partial charge in [0, 0.05) is 18.6 Å². The average molecular weight is 204 g/mol. The van der Waals surface area contributed by atoms with Gasteiger partial charge in [-0.2, -0.15) is 0 Å². The molecule has 0 radical (unpaired) electrons. The maximum absolute atomic E-state index is 4.37. The Morgan fingerprint density at radius 1 is 1.07 bits per heavy atom. The van der Waals surface area contributed by atoms with E-state index < -0.39 is 0 Å². The summed E-state index contributed by atoms with van der Waals surface area (Å²) in [6, 6.07) is 1.38. The van der Waals surface area contributed by atoms with Gasteiger partial charge in [-0.15, -0.1) is 0 Å². The molecule has 2 N–H and O–H groups in total. The van der Waals surface area contributed by atoms with Crippen molar-refractivity contribution in [2.75, 3.05) is 5.32 Å². The van der Waals surface area contributed by atoms with Crippen molar-refractivity contribution in [2.45, 2.75) is 44.3 Å². The van der Waals surface area contributed by atoms with Crippen LogP contribution >= 0.6 is 0 Å². The molecule has 2 aliphatic rings. The Hall–Kier alpha value is -1.16. The number of nitrogens with one attached hydrogen (secondary N) is 2. The fourth-order valence-corrected chi connectivity index (χ4v) is 1.49. The molecule has 0 spiro atoms. The van der Waals surface area contributed by atoms with Crippen LogP contribution in [-0.4, -0.2) is 22.1 Å². The predicted molar refractivity (Wildman–Crippen MR) is 58.5 cm³/mol. The topological polar surface area (TPSA) is 49.8 Å². The van der Waals surface area contributed by atoms with E-state index in [1.807, 2.05) is 12.4 Å². The standard InChI is InChI=1S/C11H16N4/c1-2-8(1)12-5-10-6-14-11(7-13-10)15-9-3-4-9/h6-9,12H,1-5H2,(H,14,15). The molecule has 1 heterocycles. The van der Waals surface area contributed by atoms with Crippen molar-refractivity contribution in [1.29, 1.82) is 0 Å². The largest absolute Gasteiger partial charge is 0.366 e. The van der Waals surface area contributed by atoms with Gasteiger partial charge in [0.05, 0.1) is 18.1 Å². The van der Waals surface area contributed by atoms with E-state index in [1.54, 1.807) is 0 Å². The van der Waals surface area contributed by atoms with Crippen LogP contribution in [-0.2, 0) is 6.54 Å². The van der Waals surface area contributed by atoms with Gasteiger partial charge in [-0.25, -0.2) is 4.98 Å². The molecule has 0 aromatic carbocycles. The first-order valence-electron chi connectivity index (χ1n) is 5.71. The normalized spacial score (nSPS) is 20.3. The maximum Gasteiger partial charge on any atom is 0.144 e. The highest BCUT2D eigenvalue weighted by Gasteiger charge is 2.22. The van der Waals surface area contributed by atoms with Gasteiger partial charge in [-0.3, -0.25) is 4.98 Å². The Bertz CT molecular complexity index is 327. The molecule has 0 atom stereocenters. The maximum atomic E-state index is 4.37. The molecule has 80 valence electrons. The lowest BCUT2D eigenvalue weighted by Gasteiger charge is -2.04. The van der Waals surface area contributed by atoms with Crippen LogP contribution in [0.2, 0.25) is 0 Å². The van der Waals surface area contributed by atoms with Gasteiger partial charge in [0.2, 0.25) is 0 Å². The van der Waals surface area contributed by atoms with Crippen molar-refractivity contribution in [1.82, 2.24) is 15.3 Å². The summed E-state index contributed by atoms with van der Waals surface area (Å²) in [5.41, 5.74) is 1.03. The number of nitrogens with zero attached hydrogens (tertiary/aromatic N) is 2. The highest BCUT2D eigenvalue weighted by atomic mass is 15.1. The number of hydrogen-bond donors (Lipinski definition) is 2. The molecule has 3 rings (SSSR count). The van der Waals surface area contributed by atoms with E-state index in [2.05, 4.69) is 20.6 Å². The van der Waals surface area contributed by atoms with Crippen molar-refractivity contribution in [3.63, 3.8) is 0 Å². The molecule has 0 amide bonds. The minimum absolute atomic E-state index is 0.648. The highest BCUT2D eigenvalue weighted by molar-refractivity contribution is 5.34. The summed E-state index contributed by atoms with van der Waals surface area (Å²) in [6.45, 7) is 0.849. The molecule has 1 aromatic heterocycles. The molecule has 0 unspecified atom stereocenters. The Labute approximate surface area is 89.5 Å². The molecule has 15 heavy (non-hydrogen) atoms. The smallest absolute Gasteiger partial charge is 0.144 e. The third-order valence-corrected chi connectivity index (χ3v) is 2.78. The van der Waals surface area contributed by atoms with Gasteiger partial charge < -0.3 is 10.6 Å². The second-order valence-electron chi connectivity index (χ2n) is 4.47. The van der Waals surface area contributed by atoms with E-state index in [0.29, 0.717) is 6.04 Å². The van der Waals surface area contributed by atoms with E-state index >= 15 is 0 Å². The van der Waals surface area contributed by atoms with Crippen molar-refractivity contribution in [3.05, 3.63) is 18.1 Å². The minimum Gasteiger partial charge on any atom is -0.366 e. The Kier molecular flexibility index (Phi) is 2.29. The summed E-state index contributed by atoms with van der Waals surface area (Å²) in [4.78, 5) is 8.72. The van der Waals surface area contributed by atoms with Crippen LogP contribution in [0.5, 0.6) is 0 Å². The average Bonchev–Trinajstić information content (AvgIpc) is 3.12. The van der Waals surface area contributed by atoms with E-state index in [1.165, 1.54) is 25.7 Å². The summed E-state index contributed by atoms with van der Waals surface area (Å²) in [7, 11) is 0. The van der Waals surface area contributed by atoms with Crippen LogP contribution in [0, 0.1) is 0 Å². The third-order valence-electron chi connectivity index (χ3n) is 2.78. The van der Waals surface area contributed by atoms with Crippen LogP contribution < -0.4 is 10.6 Å². The third kappa shape index (κ3) is 2.65. The van der Waals surface area contributed by atoms with Gasteiger partial charge >= 0.3 is 0 Å². The van der Waals surface area contributed by atoms with Crippen LogP contribution in [0.4, 0.5) is 5.82 Å². The summed E-state index contributed by atoms with van der Waals surface area (Å²) in [6.07, 6.45) is 8.87. The van der Waals surface area contributed by atoms with Gasteiger partial charge in [0.15, 0.2) is 0 Å². The summed E-state index contributed by atoms with van der Waals surface area (Å²) >= 11 is 0. The predicted octanol–water partition coefficient (Wildman–Crippen LogP) is 1.30. The summed E-state index contributed by atoms with van der Waals surface area (Å²) < 4.78 is 0. The first kappa shape index (κ1) is 9.09. The minimum atomic E-state index is 0.648. The van der Waals surface area contributed by atoms with E-state index in [4.69, 9.17) is 0 Å². The van der Waals surface area contributed by atoms with Gasteiger partial charge in [0.25, 0.3) is 0 Å². The molecule has 2 aliphatic carbocycles. The number of anilines is 1. The Balaban J connectivity index is 1.53. The van der Waals surface area contributed by atoms with Gasteiger partial charge in [-0.05, 0) is 25.7 Å². The first-order chi connectivity index (χ1) is 7.40. The molecule has 2 fully saturated rings. The Morgan fingerprint density at radius 3 is 2.47 bits per heavy atom. The molecule has 1 aromatic rings. The quantitative estimate of drug-likeness (QED) is 0.759. The Morgan fingerprint density at radius 2 is 1.87 bits per heavy atom. The lowest BCUT2D eigenvalue weighted by molar-refractivity contribution is 0.672. The van der Waals surface area contributed by atoms with Crippen LogP contribution in [0.25, 0.3) is 0 Å². The van der Waals surface area contributed by atoms with Gasteiger partial charge in [-0.1, -0.05) is 0 Å². The second kappa shape index (κ2) is 3.77. The number of rotatable bonds is 5. The number of aromatic nitrogens is 2. The van der Waals surface area contributed by atoms with Crippen LogP contribution in [0.3, 0.4) is 0 Å².